The Morgan fingerprint density at radius 3 is 1.02 bits per heavy atom. The van der Waals surface area contributed by atoms with Crippen molar-refractivity contribution in [2.75, 3.05) is 11.5 Å². The molecule has 0 spiro atoms. The molecule has 0 aliphatic heterocycles. The summed E-state index contributed by atoms with van der Waals surface area (Å²) < 4.78 is 141. The molecule has 6 rings (SSSR count). The molecule has 0 fully saturated rings. The average Bonchev–Trinajstić information content (AvgIpc) is 3.09. The number of benzene rings is 6. The van der Waals surface area contributed by atoms with E-state index >= 15 is 0 Å². The number of fused-ring (bicyclic) bond motifs is 2. The van der Waals surface area contributed by atoms with E-state index in [9.17, 15) is 62.1 Å². The third kappa shape index (κ3) is 7.57. The molecule has 24 heteroatoms. The van der Waals surface area contributed by atoms with Crippen molar-refractivity contribution in [3.8, 4) is 22.6 Å². The first-order valence-electron chi connectivity index (χ1n) is 15.0. The van der Waals surface area contributed by atoms with E-state index in [0.717, 1.165) is 24.3 Å². The standard InChI is InChI=1S/C32H24N6O14S4/c33-29-25(55(47,48)49)13-23(53(41,42)43)19-9-11-21(31(39)27(19)29)37-35-17-5-1-15(2-6-17)16-3-7-18(8-4-16)36-38-22-12-10-20-24(54(44,45)46)14-26(56(50,51)52)30(34)28(20)32(22)40/h1-14,39-40H,33-34H2,(H,41,42,43)(H,44,45,46)(H,47,48,49)(H,50,51,52)/p-4. The maximum Gasteiger partial charge on any atom is 0.153 e. The first-order valence-corrected chi connectivity index (χ1v) is 20.6. The Morgan fingerprint density at radius 1 is 0.429 bits per heavy atom. The van der Waals surface area contributed by atoms with Gasteiger partial charge in [-0.3, -0.25) is 0 Å². The van der Waals surface area contributed by atoms with E-state index in [4.69, 9.17) is 11.5 Å². The zero-order chi connectivity index (χ0) is 41.1. The van der Waals surface area contributed by atoms with Crippen LogP contribution in [0.5, 0.6) is 11.5 Å². The van der Waals surface area contributed by atoms with Gasteiger partial charge >= 0.3 is 0 Å². The van der Waals surface area contributed by atoms with E-state index in [1.807, 2.05) is 0 Å². The molecule has 0 aliphatic carbocycles. The SMILES string of the molecule is Nc1c(S(=O)(=O)[O-])cc(S(=O)(=O)[O-])c2ccc(N=Nc3ccc(-c4ccc(N=Nc5ccc6c(S(=O)(=O)[O-])cc(S(=O)(=O)[O-])c(N)c6c5O)cc4)cc3)c(O)c12. The summed E-state index contributed by atoms with van der Waals surface area (Å²) in [7, 11) is -21.4. The van der Waals surface area contributed by atoms with Crippen LogP contribution in [0, 0.1) is 0 Å². The molecular weight excluding hydrogens is 821 g/mol. The summed E-state index contributed by atoms with van der Waals surface area (Å²) in [6.07, 6.45) is 0. The van der Waals surface area contributed by atoms with Crippen LogP contribution in [-0.4, -0.2) is 62.1 Å². The van der Waals surface area contributed by atoms with Gasteiger partial charge in [-0.15, -0.1) is 10.2 Å². The predicted molar refractivity (Wildman–Crippen MR) is 192 cm³/mol. The molecule has 0 unspecified atom stereocenters. The summed E-state index contributed by atoms with van der Waals surface area (Å²) in [5.74, 6) is -1.69. The second-order valence-corrected chi connectivity index (χ2v) is 17.0. The molecule has 0 atom stereocenters. The molecule has 0 radical (unpaired) electrons. The molecule has 290 valence electrons. The van der Waals surface area contributed by atoms with Gasteiger partial charge in [0.05, 0.1) is 53.1 Å². The molecule has 6 aromatic rings. The van der Waals surface area contributed by atoms with E-state index < -0.39 is 104 Å². The Hall–Kier alpha value is -6.12. The zero-order valence-electron chi connectivity index (χ0n) is 27.5. The molecule has 0 saturated heterocycles. The molecule has 0 saturated carbocycles. The van der Waals surface area contributed by atoms with Crippen molar-refractivity contribution < 1.29 is 62.1 Å². The van der Waals surface area contributed by atoms with E-state index in [1.54, 1.807) is 24.3 Å². The highest BCUT2D eigenvalue weighted by molar-refractivity contribution is 7.87. The van der Waals surface area contributed by atoms with Gasteiger partial charge in [0.2, 0.25) is 0 Å². The fourth-order valence-electron chi connectivity index (χ4n) is 5.56. The molecule has 20 nitrogen and oxygen atoms in total. The van der Waals surface area contributed by atoms with E-state index in [-0.39, 0.29) is 22.7 Å². The molecule has 56 heavy (non-hydrogen) atoms. The lowest BCUT2D eigenvalue weighted by atomic mass is 10.1. The van der Waals surface area contributed by atoms with Crippen molar-refractivity contribution in [2.45, 2.75) is 19.6 Å². The second kappa shape index (κ2) is 13.9. The van der Waals surface area contributed by atoms with Gasteiger partial charge in [-0.2, -0.15) is 10.2 Å². The van der Waals surface area contributed by atoms with E-state index in [1.165, 1.54) is 24.3 Å². The molecule has 6 aromatic carbocycles. The molecule has 0 amide bonds. The maximum absolute atomic E-state index is 11.8. The number of azo groups is 2. The van der Waals surface area contributed by atoms with Gasteiger partial charge in [0.25, 0.3) is 0 Å². The fourth-order valence-corrected chi connectivity index (χ4v) is 8.38. The van der Waals surface area contributed by atoms with Gasteiger partial charge in [-0.25, -0.2) is 33.7 Å². The Kier molecular flexibility index (Phi) is 9.80. The highest BCUT2D eigenvalue weighted by Gasteiger charge is 2.23. The maximum atomic E-state index is 11.8. The largest absolute Gasteiger partial charge is 0.744 e. The number of nitrogens with two attached hydrogens (primary N) is 2. The first-order chi connectivity index (χ1) is 26.0. The number of nitrogens with zero attached hydrogens (tertiary/aromatic N) is 4. The highest BCUT2D eigenvalue weighted by Crippen LogP contribution is 2.45. The van der Waals surface area contributed by atoms with Gasteiger partial charge in [-0.1, -0.05) is 36.4 Å². The van der Waals surface area contributed by atoms with Crippen molar-refractivity contribution in [3.05, 3.63) is 84.9 Å². The lowest BCUT2D eigenvalue weighted by Gasteiger charge is -2.18. The minimum absolute atomic E-state index is 0.251. The van der Waals surface area contributed by atoms with Crippen LogP contribution in [0.15, 0.2) is 125 Å². The molecule has 6 N–H and O–H groups in total. The van der Waals surface area contributed by atoms with Gasteiger partial charge in [-0.05, 0) is 59.7 Å². The number of hydrogen-bond acceptors (Lipinski definition) is 20. The second-order valence-electron chi connectivity index (χ2n) is 11.6. The normalized spacial score (nSPS) is 13.0. The number of phenols is 2. The third-order valence-corrected chi connectivity index (χ3v) is 11.6. The molecule has 0 bridgehead atoms. The van der Waals surface area contributed by atoms with Crippen molar-refractivity contribution in [1.82, 2.24) is 0 Å². The van der Waals surface area contributed by atoms with Crippen LogP contribution in [-0.2, 0) is 40.5 Å². The van der Waals surface area contributed by atoms with Crippen molar-refractivity contribution >= 4 is 96.1 Å². The number of hydrogen-bond donors (Lipinski definition) is 4. The van der Waals surface area contributed by atoms with Crippen LogP contribution in [0.1, 0.15) is 0 Å². The monoisotopic (exact) mass is 840 g/mol. The number of anilines is 2. The lowest BCUT2D eigenvalue weighted by molar-refractivity contribution is 0.457. The smallest absolute Gasteiger partial charge is 0.153 e. The first kappa shape index (κ1) is 39.6. The Labute approximate surface area is 316 Å². The predicted octanol–water partition coefficient (Wildman–Crippen LogP) is 4.68. The van der Waals surface area contributed by atoms with Crippen LogP contribution in [0.4, 0.5) is 34.1 Å². The van der Waals surface area contributed by atoms with Gasteiger partial charge < -0.3 is 39.9 Å². The fraction of sp³-hybridized carbons (Fsp3) is 0. The minimum atomic E-state index is -5.37. The number of nitrogen functional groups attached to an aromatic ring is 2. The summed E-state index contributed by atoms with van der Waals surface area (Å²) in [4.78, 5) is -4.63. The summed E-state index contributed by atoms with van der Waals surface area (Å²) in [5, 5.41) is 35.4. The zero-order valence-corrected chi connectivity index (χ0v) is 30.7. The lowest BCUT2D eigenvalue weighted by Crippen LogP contribution is -2.08. The summed E-state index contributed by atoms with van der Waals surface area (Å²) >= 11 is 0. The average molecular weight is 841 g/mol. The molecule has 0 heterocycles. The third-order valence-electron chi connectivity index (χ3n) is 8.13. The van der Waals surface area contributed by atoms with Gasteiger partial charge in [0.15, 0.2) is 11.5 Å². The van der Waals surface area contributed by atoms with Gasteiger partial charge in [0, 0.05) is 10.8 Å². The minimum Gasteiger partial charge on any atom is -0.744 e. The van der Waals surface area contributed by atoms with Crippen LogP contribution in [0.2, 0.25) is 0 Å². The van der Waals surface area contributed by atoms with Crippen molar-refractivity contribution in [3.63, 3.8) is 0 Å². The summed E-state index contributed by atoms with van der Waals surface area (Å²) in [5.41, 5.74) is 11.2. The van der Waals surface area contributed by atoms with E-state index in [0.29, 0.717) is 23.3 Å². The number of rotatable bonds is 9. The van der Waals surface area contributed by atoms with Crippen LogP contribution >= 0.6 is 0 Å². The molecule has 0 aromatic heterocycles. The van der Waals surface area contributed by atoms with Gasteiger partial charge in [0.1, 0.15) is 51.8 Å². The molecule has 0 aliphatic rings. The quantitative estimate of drug-likeness (QED) is 0.0871. The number of aromatic hydroxyl groups is 2. The van der Waals surface area contributed by atoms with Crippen molar-refractivity contribution in [2.24, 2.45) is 20.5 Å². The van der Waals surface area contributed by atoms with Crippen LogP contribution in [0.3, 0.4) is 0 Å². The Bertz CT molecular complexity index is 2940. The summed E-state index contributed by atoms with van der Waals surface area (Å²) in [6, 6.07) is 17.6. The number of phenolic OH excluding ortho intramolecular Hbond substituents is 2. The van der Waals surface area contributed by atoms with Crippen molar-refractivity contribution in [1.29, 1.82) is 0 Å². The van der Waals surface area contributed by atoms with Crippen LogP contribution in [0.25, 0.3) is 32.7 Å². The summed E-state index contributed by atoms with van der Waals surface area (Å²) in [6.45, 7) is 0. The van der Waals surface area contributed by atoms with Crippen LogP contribution < -0.4 is 11.5 Å². The van der Waals surface area contributed by atoms with E-state index in [2.05, 4.69) is 20.5 Å². The Morgan fingerprint density at radius 2 is 0.732 bits per heavy atom. The highest BCUT2D eigenvalue weighted by atomic mass is 32.2. The molecular formula is C32H20N6O14S4-4. The Balaban J connectivity index is 1.25. The topological polar surface area (TPSA) is 371 Å².